The molecule has 1 aromatic heterocycles. The molecule has 0 spiro atoms. The van der Waals surface area contributed by atoms with E-state index in [0.717, 1.165) is 23.2 Å². The Morgan fingerprint density at radius 3 is 2.59 bits per heavy atom. The van der Waals surface area contributed by atoms with Crippen molar-refractivity contribution in [2.45, 2.75) is 56.8 Å². The molecule has 1 fully saturated rings. The average molecular weight is 422 g/mol. The Hall–Kier alpha value is -2.19. The Labute approximate surface area is 173 Å². The van der Waals surface area contributed by atoms with Gasteiger partial charge in [0.1, 0.15) is 5.69 Å². The molecule has 1 saturated carbocycles. The summed E-state index contributed by atoms with van der Waals surface area (Å²) in [6, 6.07) is 10.9. The highest BCUT2D eigenvalue weighted by Gasteiger charge is 2.52. The summed E-state index contributed by atoms with van der Waals surface area (Å²) in [5.74, 6) is -0.427. The van der Waals surface area contributed by atoms with Crippen LogP contribution in [0.3, 0.4) is 0 Å². The van der Waals surface area contributed by atoms with Gasteiger partial charge < -0.3 is 14.6 Å². The summed E-state index contributed by atoms with van der Waals surface area (Å²) < 4.78 is 39.5. The first kappa shape index (κ1) is 21.5. The largest absolute Gasteiger partial charge is 0.415 e. The van der Waals surface area contributed by atoms with Crippen molar-refractivity contribution < 1.29 is 22.9 Å². The number of aryl methyl sites for hydroxylation is 1. The molecule has 0 bridgehead atoms. The quantitative estimate of drug-likeness (QED) is 0.588. The van der Waals surface area contributed by atoms with E-state index in [1.165, 1.54) is 6.07 Å². The Bertz CT molecular complexity index is 886. The maximum atomic E-state index is 13.4. The van der Waals surface area contributed by atoms with Gasteiger partial charge in [-0.15, -0.1) is 0 Å². The van der Waals surface area contributed by atoms with E-state index in [2.05, 4.69) is 28.9 Å². The van der Waals surface area contributed by atoms with Gasteiger partial charge in [-0.25, -0.2) is 4.98 Å². The van der Waals surface area contributed by atoms with E-state index in [0.29, 0.717) is 18.5 Å². The van der Waals surface area contributed by atoms with E-state index >= 15 is 0 Å². The van der Waals surface area contributed by atoms with Crippen LogP contribution in [0.4, 0.5) is 14.5 Å². The van der Waals surface area contributed by atoms with Gasteiger partial charge in [0.15, 0.2) is 0 Å². The Balaban J connectivity index is 1.97. The number of pyridine rings is 1. The van der Waals surface area contributed by atoms with Gasteiger partial charge in [-0.1, -0.05) is 38.1 Å². The Morgan fingerprint density at radius 2 is 1.97 bits per heavy atom. The summed E-state index contributed by atoms with van der Waals surface area (Å²) in [7, 11) is 0. The zero-order chi connectivity index (χ0) is 21.2. The molecule has 1 amide bonds. The van der Waals surface area contributed by atoms with Crippen molar-refractivity contribution >= 4 is 23.6 Å². The second-order valence-corrected chi connectivity index (χ2v) is 8.48. The minimum absolute atomic E-state index is 0.0612. The molecule has 0 radical (unpaired) electrons. The lowest BCUT2D eigenvalue weighted by Crippen LogP contribution is -2.52. The molecular weight excluding hydrogens is 398 g/mol. The number of aromatic nitrogens is 1. The number of hydrogen-bond acceptors (Lipinski definition) is 5. The van der Waals surface area contributed by atoms with Gasteiger partial charge in [-0.3, -0.25) is 4.79 Å². The molecular formula is C21H24F2N2O3S. The molecule has 156 valence electrons. The van der Waals surface area contributed by atoms with E-state index in [9.17, 15) is 18.1 Å². The SMILES string of the molecule is Cc1ccc(NC(=O)C2(c3ccccc3C(C)C)CC(SO)C2)c(OC(F)F)n1. The second-order valence-electron chi connectivity index (χ2n) is 7.60. The van der Waals surface area contributed by atoms with Crippen molar-refractivity contribution in [3.05, 3.63) is 53.2 Å². The number of anilines is 1. The molecule has 0 saturated heterocycles. The summed E-state index contributed by atoms with van der Waals surface area (Å²) in [5.41, 5.74) is 1.69. The van der Waals surface area contributed by atoms with Crippen molar-refractivity contribution in [1.29, 1.82) is 0 Å². The van der Waals surface area contributed by atoms with Gasteiger partial charge in [-0.2, -0.15) is 8.78 Å². The molecule has 29 heavy (non-hydrogen) atoms. The standard InChI is InChI=1S/C21H24F2N2O3S/c1-12(2)15-6-4-5-7-16(15)21(10-14(11-21)29-27)19(26)25-17-9-8-13(3)24-18(17)28-20(22)23/h4-9,12,14,20,27H,10-11H2,1-3H3,(H,25,26). The van der Waals surface area contributed by atoms with E-state index in [4.69, 9.17) is 0 Å². The third-order valence-electron chi connectivity index (χ3n) is 5.28. The summed E-state index contributed by atoms with van der Waals surface area (Å²) in [6.45, 7) is 2.72. The Kier molecular flexibility index (Phi) is 6.43. The fourth-order valence-electron chi connectivity index (χ4n) is 3.80. The van der Waals surface area contributed by atoms with Gasteiger partial charge in [0.25, 0.3) is 0 Å². The van der Waals surface area contributed by atoms with Crippen molar-refractivity contribution in [2.24, 2.45) is 0 Å². The third kappa shape index (κ3) is 4.38. The maximum Gasteiger partial charge on any atom is 0.388 e. The molecule has 1 aliphatic rings. The minimum atomic E-state index is -3.05. The van der Waals surface area contributed by atoms with Gasteiger partial charge in [0.2, 0.25) is 11.8 Å². The average Bonchev–Trinajstić information content (AvgIpc) is 2.63. The molecule has 0 atom stereocenters. The highest BCUT2D eigenvalue weighted by molar-refractivity contribution is 7.94. The molecule has 5 nitrogen and oxygen atoms in total. The van der Waals surface area contributed by atoms with Gasteiger partial charge in [0, 0.05) is 10.9 Å². The predicted octanol–water partition coefficient (Wildman–Crippen LogP) is 5.36. The zero-order valence-corrected chi connectivity index (χ0v) is 17.3. The molecule has 8 heteroatoms. The number of hydrogen-bond donors (Lipinski definition) is 2. The first-order chi connectivity index (χ1) is 13.8. The van der Waals surface area contributed by atoms with E-state index in [1.54, 1.807) is 13.0 Å². The van der Waals surface area contributed by atoms with Gasteiger partial charge in [0.05, 0.1) is 5.41 Å². The lowest BCUT2D eigenvalue weighted by Gasteiger charge is -2.46. The zero-order valence-electron chi connectivity index (χ0n) is 16.5. The van der Waals surface area contributed by atoms with Crippen LogP contribution in [-0.2, 0) is 10.2 Å². The van der Waals surface area contributed by atoms with Crippen LogP contribution in [0.2, 0.25) is 0 Å². The van der Waals surface area contributed by atoms with E-state index in [1.807, 2.05) is 24.3 Å². The lowest BCUT2D eigenvalue weighted by atomic mass is 9.61. The fraction of sp³-hybridized carbons (Fsp3) is 0.429. The highest BCUT2D eigenvalue weighted by Crippen LogP contribution is 2.51. The number of amides is 1. The van der Waals surface area contributed by atoms with Crippen molar-refractivity contribution in [2.75, 3.05) is 5.32 Å². The second kappa shape index (κ2) is 8.67. The number of ether oxygens (including phenoxy) is 1. The molecule has 2 aromatic rings. The smallest absolute Gasteiger partial charge is 0.388 e. The molecule has 0 unspecified atom stereocenters. The number of nitrogens with one attached hydrogen (secondary N) is 1. The molecule has 1 aromatic carbocycles. The van der Waals surface area contributed by atoms with Gasteiger partial charge >= 0.3 is 6.61 Å². The third-order valence-corrected chi connectivity index (χ3v) is 5.91. The van der Waals surface area contributed by atoms with Crippen LogP contribution in [0.1, 0.15) is 49.4 Å². The van der Waals surface area contributed by atoms with Crippen LogP contribution in [-0.4, -0.2) is 27.3 Å². The van der Waals surface area contributed by atoms with Gasteiger partial charge in [-0.05, 0) is 61.0 Å². The first-order valence-corrected chi connectivity index (χ1v) is 10.2. The number of benzene rings is 1. The predicted molar refractivity (Wildman–Crippen MR) is 110 cm³/mol. The highest BCUT2D eigenvalue weighted by atomic mass is 32.2. The number of halogens is 2. The minimum Gasteiger partial charge on any atom is -0.415 e. The van der Waals surface area contributed by atoms with E-state index in [-0.39, 0.29) is 28.6 Å². The van der Waals surface area contributed by atoms with Crippen molar-refractivity contribution in [3.8, 4) is 5.88 Å². The summed E-state index contributed by atoms with van der Waals surface area (Å²) in [5, 5.41) is 2.68. The number of alkyl halides is 2. The molecule has 3 rings (SSSR count). The summed E-state index contributed by atoms with van der Waals surface area (Å²) in [4.78, 5) is 17.4. The van der Waals surface area contributed by atoms with Crippen LogP contribution in [0.5, 0.6) is 5.88 Å². The van der Waals surface area contributed by atoms with Crippen LogP contribution in [0, 0.1) is 6.92 Å². The first-order valence-electron chi connectivity index (χ1n) is 9.40. The molecule has 1 heterocycles. The van der Waals surface area contributed by atoms with Crippen LogP contribution in [0.15, 0.2) is 36.4 Å². The van der Waals surface area contributed by atoms with Crippen molar-refractivity contribution in [3.63, 3.8) is 0 Å². The molecule has 2 N–H and O–H groups in total. The summed E-state index contributed by atoms with van der Waals surface area (Å²) >= 11 is 0.744. The van der Waals surface area contributed by atoms with Crippen LogP contribution in [0.25, 0.3) is 0 Å². The Morgan fingerprint density at radius 1 is 1.28 bits per heavy atom. The summed E-state index contributed by atoms with van der Waals surface area (Å²) in [6.07, 6.45) is 0.905. The molecule has 1 aliphatic carbocycles. The maximum absolute atomic E-state index is 13.4. The fourth-order valence-corrected chi connectivity index (χ4v) is 4.52. The lowest BCUT2D eigenvalue weighted by molar-refractivity contribution is -0.124. The topological polar surface area (TPSA) is 71.5 Å². The number of rotatable bonds is 7. The van der Waals surface area contributed by atoms with E-state index < -0.39 is 12.0 Å². The van der Waals surface area contributed by atoms with Crippen LogP contribution >= 0.6 is 12.0 Å². The van der Waals surface area contributed by atoms with Crippen LogP contribution < -0.4 is 10.1 Å². The normalized spacial score (nSPS) is 21.2. The number of carbonyl (C=O) groups excluding carboxylic acids is 1. The number of nitrogens with zero attached hydrogens (tertiary/aromatic N) is 1. The molecule has 0 aliphatic heterocycles. The van der Waals surface area contributed by atoms with Crippen molar-refractivity contribution in [1.82, 2.24) is 4.98 Å². The monoisotopic (exact) mass is 422 g/mol. The number of carbonyl (C=O) groups is 1.